The van der Waals surface area contributed by atoms with E-state index in [0.29, 0.717) is 19.6 Å². The average Bonchev–Trinajstić information content (AvgIpc) is 3.21. The van der Waals surface area contributed by atoms with Gasteiger partial charge in [0.25, 0.3) is 0 Å². The highest BCUT2D eigenvalue weighted by Crippen LogP contribution is 2.35. The number of H-pyrrole nitrogens is 1. The molecule has 3 aromatic carbocycles. The molecule has 2 heterocycles. The Balaban J connectivity index is 1.41. The largest absolute Gasteiger partial charge is 0.491 e. The predicted molar refractivity (Wildman–Crippen MR) is 123 cm³/mol. The van der Waals surface area contributed by atoms with Crippen molar-refractivity contribution < 1.29 is 9.53 Å². The molecule has 1 N–H and O–H groups in total. The molecule has 1 unspecified atom stereocenters. The number of carbonyl (C=O) groups is 1. The number of fused-ring (bicyclic) bond motifs is 3. The Bertz CT molecular complexity index is 1170. The summed E-state index contributed by atoms with van der Waals surface area (Å²) in [4.78, 5) is 18.9. The number of rotatable bonds is 6. The molecule has 4 aromatic rings. The Kier molecular flexibility index (Phi) is 5.44. The summed E-state index contributed by atoms with van der Waals surface area (Å²) >= 11 is 0. The van der Waals surface area contributed by atoms with Gasteiger partial charge in [-0.2, -0.15) is 0 Å². The van der Waals surface area contributed by atoms with Crippen LogP contribution in [-0.4, -0.2) is 28.9 Å². The first kappa shape index (κ1) is 19.4. The molecule has 1 aliphatic rings. The zero-order valence-corrected chi connectivity index (χ0v) is 17.5. The molecule has 0 saturated carbocycles. The number of para-hydroxylation sites is 2. The number of benzene rings is 3. The highest BCUT2D eigenvalue weighted by molar-refractivity contribution is 5.86. The van der Waals surface area contributed by atoms with E-state index in [2.05, 4.69) is 35.3 Å². The van der Waals surface area contributed by atoms with Crippen LogP contribution in [0.1, 0.15) is 29.3 Å². The Morgan fingerprint density at radius 1 is 0.935 bits per heavy atom. The molecule has 4 nitrogen and oxygen atoms in total. The minimum Gasteiger partial charge on any atom is -0.491 e. The Morgan fingerprint density at radius 2 is 1.65 bits per heavy atom. The van der Waals surface area contributed by atoms with Crippen LogP contribution in [0.2, 0.25) is 0 Å². The van der Waals surface area contributed by atoms with Gasteiger partial charge in [0.05, 0.1) is 0 Å². The van der Waals surface area contributed by atoms with Gasteiger partial charge in [0.15, 0.2) is 0 Å². The van der Waals surface area contributed by atoms with Gasteiger partial charge in [0.1, 0.15) is 18.4 Å². The smallest absolute Gasteiger partial charge is 0.223 e. The van der Waals surface area contributed by atoms with E-state index in [1.54, 1.807) is 0 Å². The van der Waals surface area contributed by atoms with Crippen LogP contribution >= 0.6 is 0 Å². The standard InChI is InChI=1S/C27H26N2O2/c30-26(16-15-20-9-3-1-4-10-20)29-18-17-23-22-13-7-8-14-24(22)28-27(23)25(29)19-31-21-11-5-2-6-12-21/h1-14,25,28H,15-19H2. The SMILES string of the molecule is O=C(CCc1ccccc1)N1CCc2c([nH]c3ccccc23)C1COc1ccccc1. The van der Waals surface area contributed by atoms with Crippen molar-refractivity contribution in [1.29, 1.82) is 0 Å². The van der Waals surface area contributed by atoms with Crippen molar-refractivity contribution in [2.24, 2.45) is 0 Å². The molecule has 31 heavy (non-hydrogen) atoms. The van der Waals surface area contributed by atoms with E-state index >= 15 is 0 Å². The lowest BCUT2D eigenvalue weighted by Crippen LogP contribution is -2.42. The molecule has 1 aromatic heterocycles. The number of aromatic amines is 1. The third kappa shape index (κ3) is 4.06. The normalized spacial score (nSPS) is 15.6. The zero-order valence-electron chi connectivity index (χ0n) is 17.5. The summed E-state index contributed by atoms with van der Waals surface area (Å²) in [7, 11) is 0. The van der Waals surface area contributed by atoms with E-state index in [1.807, 2.05) is 59.5 Å². The number of carbonyl (C=O) groups excluding carboxylic acids is 1. The van der Waals surface area contributed by atoms with Crippen molar-refractivity contribution in [1.82, 2.24) is 9.88 Å². The quantitative estimate of drug-likeness (QED) is 0.468. The van der Waals surface area contributed by atoms with Gasteiger partial charge < -0.3 is 14.6 Å². The van der Waals surface area contributed by atoms with Gasteiger partial charge >= 0.3 is 0 Å². The summed E-state index contributed by atoms with van der Waals surface area (Å²) < 4.78 is 6.13. The molecule has 4 heteroatoms. The average molecular weight is 411 g/mol. The number of hydrogen-bond acceptors (Lipinski definition) is 2. The molecular weight excluding hydrogens is 384 g/mol. The van der Waals surface area contributed by atoms with Gasteiger partial charge in [-0.05, 0) is 42.2 Å². The number of aryl methyl sites for hydroxylation is 1. The molecule has 0 spiro atoms. The summed E-state index contributed by atoms with van der Waals surface area (Å²) in [6.07, 6.45) is 2.11. The Hall–Kier alpha value is -3.53. The molecule has 5 rings (SSSR count). The maximum absolute atomic E-state index is 13.3. The predicted octanol–water partition coefficient (Wildman–Crippen LogP) is 5.31. The highest BCUT2D eigenvalue weighted by Gasteiger charge is 2.33. The molecule has 1 atom stereocenters. The van der Waals surface area contributed by atoms with E-state index < -0.39 is 0 Å². The van der Waals surface area contributed by atoms with Gasteiger partial charge in [-0.1, -0.05) is 66.7 Å². The van der Waals surface area contributed by atoms with E-state index in [-0.39, 0.29) is 11.9 Å². The topological polar surface area (TPSA) is 45.3 Å². The summed E-state index contributed by atoms with van der Waals surface area (Å²) in [6.45, 7) is 1.15. The van der Waals surface area contributed by atoms with Crippen molar-refractivity contribution in [3.8, 4) is 5.75 Å². The fraction of sp³-hybridized carbons (Fsp3) is 0.222. The highest BCUT2D eigenvalue weighted by atomic mass is 16.5. The molecule has 1 aliphatic heterocycles. The summed E-state index contributed by atoms with van der Waals surface area (Å²) in [5.41, 5.74) is 4.73. The number of amides is 1. The third-order valence-corrected chi connectivity index (χ3v) is 6.10. The maximum Gasteiger partial charge on any atom is 0.223 e. The van der Waals surface area contributed by atoms with Gasteiger partial charge in [-0.3, -0.25) is 4.79 Å². The second-order valence-electron chi connectivity index (χ2n) is 8.03. The van der Waals surface area contributed by atoms with Crippen LogP contribution in [0.5, 0.6) is 5.75 Å². The maximum atomic E-state index is 13.3. The first-order valence-electron chi connectivity index (χ1n) is 10.9. The molecule has 0 bridgehead atoms. The zero-order chi connectivity index (χ0) is 21.0. The molecular formula is C27H26N2O2. The number of nitrogens with zero attached hydrogens (tertiary/aromatic N) is 1. The van der Waals surface area contributed by atoms with Gasteiger partial charge in [0.2, 0.25) is 5.91 Å². The number of hydrogen-bond donors (Lipinski definition) is 1. The Morgan fingerprint density at radius 3 is 2.45 bits per heavy atom. The first-order chi connectivity index (χ1) is 15.3. The van der Waals surface area contributed by atoms with Gasteiger partial charge in [-0.15, -0.1) is 0 Å². The van der Waals surface area contributed by atoms with Crippen LogP contribution in [0.3, 0.4) is 0 Å². The van der Waals surface area contributed by atoms with Crippen molar-refractivity contribution >= 4 is 16.8 Å². The van der Waals surface area contributed by atoms with Crippen molar-refractivity contribution in [2.45, 2.75) is 25.3 Å². The minimum atomic E-state index is -0.125. The number of ether oxygens (including phenoxy) is 1. The monoisotopic (exact) mass is 410 g/mol. The second-order valence-corrected chi connectivity index (χ2v) is 8.03. The molecule has 0 radical (unpaired) electrons. The number of aromatic nitrogens is 1. The summed E-state index contributed by atoms with van der Waals surface area (Å²) in [6, 6.07) is 28.3. The second kappa shape index (κ2) is 8.68. The summed E-state index contributed by atoms with van der Waals surface area (Å²) in [5.74, 6) is 0.997. The van der Waals surface area contributed by atoms with Gasteiger partial charge in [0, 0.05) is 29.6 Å². The van der Waals surface area contributed by atoms with Crippen LogP contribution in [0, 0.1) is 0 Å². The molecule has 0 aliphatic carbocycles. The van der Waals surface area contributed by atoms with Gasteiger partial charge in [-0.25, -0.2) is 0 Å². The van der Waals surface area contributed by atoms with Crippen LogP contribution in [0.15, 0.2) is 84.9 Å². The van der Waals surface area contributed by atoms with Crippen LogP contribution in [0.4, 0.5) is 0 Å². The van der Waals surface area contributed by atoms with Crippen LogP contribution in [-0.2, 0) is 17.6 Å². The van der Waals surface area contributed by atoms with E-state index in [1.165, 1.54) is 16.5 Å². The molecule has 0 saturated heterocycles. The summed E-state index contributed by atoms with van der Waals surface area (Å²) in [5, 5.41) is 1.25. The fourth-order valence-corrected chi connectivity index (χ4v) is 4.52. The molecule has 0 fully saturated rings. The van der Waals surface area contributed by atoms with Crippen molar-refractivity contribution in [2.75, 3.05) is 13.2 Å². The number of nitrogens with one attached hydrogen (secondary N) is 1. The Labute approximate surface area is 182 Å². The van der Waals surface area contributed by atoms with E-state index in [9.17, 15) is 4.79 Å². The van der Waals surface area contributed by atoms with Crippen molar-refractivity contribution in [3.05, 3.63) is 102 Å². The van der Waals surface area contributed by atoms with Crippen LogP contribution < -0.4 is 4.74 Å². The fourth-order valence-electron chi connectivity index (χ4n) is 4.52. The van der Waals surface area contributed by atoms with E-state index in [4.69, 9.17) is 4.74 Å². The van der Waals surface area contributed by atoms with Crippen LogP contribution in [0.25, 0.3) is 10.9 Å². The lowest BCUT2D eigenvalue weighted by Gasteiger charge is -2.36. The van der Waals surface area contributed by atoms with E-state index in [0.717, 1.165) is 29.8 Å². The van der Waals surface area contributed by atoms with Crippen molar-refractivity contribution in [3.63, 3.8) is 0 Å². The first-order valence-corrected chi connectivity index (χ1v) is 10.9. The third-order valence-electron chi connectivity index (χ3n) is 6.10. The minimum absolute atomic E-state index is 0.125. The lowest BCUT2D eigenvalue weighted by atomic mass is 9.97. The molecule has 156 valence electrons. The molecule has 1 amide bonds. The lowest BCUT2D eigenvalue weighted by molar-refractivity contribution is -0.135.